The van der Waals surface area contributed by atoms with Gasteiger partial charge in [-0.05, 0) is 26.3 Å². The molecular weight excluding hydrogens is 431 g/mol. The summed E-state index contributed by atoms with van der Waals surface area (Å²) < 4.78 is 16.0. The Morgan fingerprint density at radius 2 is 1.91 bits per heavy atom. The predicted molar refractivity (Wildman–Crippen MR) is 114 cm³/mol. The van der Waals surface area contributed by atoms with Crippen LogP contribution < -0.4 is 5.32 Å². The molecule has 0 radical (unpaired) electrons. The topological polar surface area (TPSA) is 129 Å². The molecule has 0 saturated carbocycles. The van der Waals surface area contributed by atoms with Crippen molar-refractivity contribution in [1.29, 1.82) is 0 Å². The number of H-pyrrole nitrogens is 1. The van der Waals surface area contributed by atoms with Gasteiger partial charge in [0, 0.05) is 32.4 Å². The van der Waals surface area contributed by atoms with Gasteiger partial charge in [-0.1, -0.05) is 5.21 Å². The average Bonchev–Trinajstić information content (AvgIpc) is 3.60. The number of nitrogens with one attached hydrogen (secondary N) is 2. The fourth-order valence-electron chi connectivity index (χ4n) is 4.57. The van der Waals surface area contributed by atoms with E-state index >= 15 is 0 Å². The maximum atomic E-state index is 14.6. The first kappa shape index (κ1) is 21.2. The molecule has 0 aromatic carbocycles. The van der Waals surface area contributed by atoms with E-state index in [1.165, 1.54) is 28.2 Å². The van der Waals surface area contributed by atoms with Crippen molar-refractivity contribution in [1.82, 2.24) is 40.1 Å². The minimum Gasteiger partial charge on any atom is -0.357 e. The van der Waals surface area contributed by atoms with Crippen LogP contribution in [0.3, 0.4) is 0 Å². The third-order valence-corrected chi connectivity index (χ3v) is 6.42. The molecule has 172 valence electrons. The molecule has 5 rings (SSSR count). The van der Waals surface area contributed by atoms with Crippen molar-refractivity contribution < 1.29 is 18.8 Å². The van der Waals surface area contributed by atoms with Crippen molar-refractivity contribution in [3.05, 3.63) is 36.2 Å². The maximum Gasteiger partial charge on any atom is 0.295 e. The van der Waals surface area contributed by atoms with Crippen molar-refractivity contribution >= 4 is 28.5 Å². The molecule has 11 nitrogen and oxygen atoms in total. The van der Waals surface area contributed by atoms with Crippen molar-refractivity contribution in [2.45, 2.75) is 25.3 Å². The molecule has 0 aliphatic carbocycles. The molecule has 2 amide bonds. The van der Waals surface area contributed by atoms with Gasteiger partial charge >= 0.3 is 0 Å². The first-order chi connectivity index (χ1) is 15.9. The fourth-order valence-corrected chi connectivity index (χ4v) is 4.57. The van der Waals surface area contributed by atoms with E-state index in [9.17, 15) is 18.8 Å². The summed E-state index contributed by atoms with van der Waals surface area (Å²) in [6.07, 6.45) is 7.00. The van der Waals surface area contributed by atoms with Gasteiger partial charge in [0.1, 0.15) is 0 Å². The number of carbonyl (C=O) groups is 3. The number of Topliss-reactive ketones (excluding diaryl/α,β-unsaturated/α-hetero) is 1. The molecule has 2 fully saturated rings. The van der Waals surface area contributed by atoms with E-state index in [4.69, 9.17) is 0 Å². The number of carbonyl (C=O) groups excluding carboxylic acids is 3. The van der Waals surface area contributed by atoms with E-state index in [0.717, 1.165) is 25.6 Å². The van der Waals surface area contributed by atoms with E-state index in [-0.39, 0.29) is 41.3 Å². The second-order valence-corrected chi connectivity index (χ2v) is 8.51. The summed E-state index contributed by atoms with van der Waals surface area (Å²) in [7, 11) is 0. The number of nitrogens with zero attached hydrogens (tertiary/aromatic N) is 6. The predicted octanol–water partition coefficient (Wildman–Crippen LogP) is 0.278. The Kier molecular flexibility index (Phi) is 5.16. The van der Waals surface area contributed by atoms with Gasteiger partial charge in [0.15, 0.2) is 11.6 Å². The number of rotatable bonds is 4. The number of pyridine rings is 1. The first-order valence-electron chi connectivity index (χ1n) is 10.8. The molecule has 2 N–H and O–H groups in total. The van der Waals surface area contributed by atoms with E-state index in [1.54, 1.807) is 4.90 Å². The molecule has 0 unspecified atom stereocenters. The van der Waals surface area contributed by atoms with Gasteiger partial charge < -0.3 is 20.1 Å². The molecule has 2 aliphatic heterocycles. The number of fused-ring (bicyclic) bond motifs is 1. The van der Waals surface area contributed by atoms with E-state index in [2.05, 4.69) is 25.6 Å². The summed E-state index contributed by atoms with van der Waals surface area (Å²) in [5, 5.41) is 10.8. The Bertz CT molecular complexity index is 1220. The summed E-state index contributed by atoms with van der Waals surface area (Å²) in [5.74, 6) is -1.99. The van der Waals surface area contributed by atoms with Crippen LogP contribution in [0.1, 0.15) is 30.1 Å². The number of ketones is 1. The fraction of sp³-hybridized carbons (Fsp3) is 0.429. The molecule has 5 heterocycles. The van der Waals surface area contributed by atoms with Crippen LogP contribution in [0.15, 0.2) is 24.8 Å². The van der Waals surface area contributed by atoms with Gasteiger partial charge in [-0.3, -0.25) is 14.4 Å². The lowest BCUT2D eigenvalue weighted by Gasteiger charge is -2.38. The standard InChI is InChI=1S/C21H23FN8O3/c1-21(3-2-4-25-21)20(33)29-9-7-28(8-10-29)19(32)17(31)13-11-23-16-15(13)14(22)12-24-18(16)30-6-5-26-27-30/h5-6,11-12,23,25H,2-4,7-10H2,1H3/t21-/m1/s1. The number of aromatic amines is 1. The minimum atomic E-state index is -0.819. The Morgan fingerprint density at radius 3 is 2.58 bits per heavy atom. The van der Waals surface area contributed by atoms with Crippen LogP contribution in [0, 0.1) is 5.82 Å². The quantitative estimate of drug-likeness (QED) is 0.428. The highest BCUT2D eigenvalue weighted by atomic mass is 19.1. The van der Waals surface area contributed by atoms with Crippen LogP contribution >= 0.6 is 0 Å². The van der Waals surface area contributed by atoms with Crippen LogP contribution in [0.5, 0.6) is 0 Å². The Labute approximate surface area is 187 Å². The zero-order chi connectivity index (χ0) is 23.2. The summed E-state index contributed by atoms with van der Waals surface area (Å²) >= 11 is 0. The van der Waals surface area contributed by atoms with Crippen LogP contribution in [0.4, 0.5) is 4.39 Å². The number of amides is 2. The molecule has 33 heavy (non-hydrogen) atoms. The molecule has 0 spiro atoms. The Hall–Kier alpha value is -3.67. The van der Waals surface area contributed by atoms with Gasteiger partial charge in [-0.2, -0.15) is 0 Å². The number of aromatic nitrogens is 5. The largest absolute Gasteiger partial charge is 0.357 e. The monoisotopic (exact) mass is 454 g/mol. The second-order valence-electron chi connectivity index (χ2n) is 8.51. The highest BCUT2D eigenvalue weighted by molar-refractivity contribution is 6.45. The highest BCUT2D eigenvalue weighted by Gasteiger charge is 2.40. The molecule has 0 bridgehead atoms. The smallest absolute Gasteiger partial charge is 0.295 e. The summed E-state index contributed by atoms with van der Waals surface area (Å²) in [6, 6.07) is 0. The lowest BCUT2D eigenvalue weighted by Crippen LogP contribution is -2.59. The molecule has 3 aromatic rings. The van der Waals surface area contributed by atoms with Crippen LogP contribution in [-0.2, 0) is 9.59 Å². The third-order valence-electron chi connectivity index (χ3n) is 6.42. The van der Waals surface area contributed by atoms with Crippen LogP contribution in [-0.4, -0.2) is 90.6 Å². The number of hydrogen-bond donors (Lipinski definition) is 2. The molecule has 1 atom stereocenters. The van der Waals surface area contributed by atoms with E-state index in [1.807, 2.05) is 6.92 Å². The first-order valence-corrected chi connectivity index (χ1v) is 10.8. The summed E-state index contributed by atoms with van der Waals surface area (Å²) in [5.41, 5.74) is -0.402. The molecular formula is C21H23FN8O3. The van der Waals surface area contributed by atoms with Gasteiger partial charge in [0.2, 0.25) is 5.91 Å². The minimum absolute atomic E-state index is 0.0188. The van der Waals surface area contributed by atoms with Gasteiger partial charge in [-0.15, -0.1) is 5.10 Å². The SMILES string of the molecule is C[C@]1(C(=O)N2CCN(C(=O)C(=O)c3c[nH]c4c(-n5ccnn5)ncc(F)c34)CC2)CCCN1. The van der Waals surface area contributed by atoms with Crippen LogP contribution in [0.2, 0.25) is 0 Å². The third kappa shape index (κ3) is 3.55. The molecule has 2 aliphatic rings. The van der Waals surface area contributed by atoms with E-state index < -0.39 is 23.0 Å². The summed E-state index contributed by atoms with van der Waals surface area (Å²) in [4.78, 5) is 48.8. The number of halogens is 1. The lowest BCUT2D eigenvalue weighted by atomic mass is 9.98. The van der Waals surface area contributed by atoms with Crippen molar-refractivity contribution in [3.8, 4) is 5.82 Å². The van der Waals surface area contributed by atoms with Gasteiger partial charge in [0.25, 0.3) is 11.7 Å². The number of piperazine rings is 1. The van der Waals surface area contributed by atoms with E-state index in [0.29, 0.717) is 13.1 Å². The zero-order valence-electron chi connectivity index (χ0n) is 18.0. The number of hydrogen-bond acceptors (Lipinski definition) is 7. The summed E-state index contributed by atoms with van der Waals surface area (Å²) in [6.45, 7) is 3.88. The second kappa shape index (κ2) is 8.03. The molecule has 12 heteroatoms. The zero-order valence-corrected chi connectivity index (χ0v) is 18.0. The Morgan fingerprint density at radius 1 is 1.15 bits per heavy atom. The highest BCUT2D eigenvalue weighted by Crippen LogP contribution is 2.26. The average molecular weight is 454 g/mol. The molecule has 2 saturated heterocycles. The Balaban J connectivity index is 1.33. The van der Waals surface area contributed by atoms with Crippen molar-refractivity contribution in [2.75, 3.05) is 32.7 Å². The maximum absolute atomic E-state index is 14.6. The normalized spacial score (nSPS) is 21.0. The van der Waals surface area contributed by atoms with Crippen molar-refractivity contribution in [2.24, 2.45) is 0 Å². The molecule has 3 aromatic heterocycles. The van der Waals surface area contributed by atoms with Crippen molar-refractivity contribution in [3.63, 3.8) is 0 Å². The van der Waals surface area contributed by atoms with Crippen LogP contribution in [0.25, 0.3) is 16.7 Å². The lowest BCUT2D eigenvalue weighted by molar-refractivity contribution is -0.141. The van der Waals surface area contributed by atoms with Gasteiger partial charge in [0.05, 0.1) is 40.6 Å². The van der Waals surface area contributed by atoms with Gasteiger partial charge in [-0.25, -0.2) is 14.1 Å².